The highest BCUT2D eigenvalue weighted by Crippen LogP contribution is 2.51. The maximum atomic E-state index is 10.1. The molecule has 1 saturated carbocycles. The molecule has 1 aliphatic heterocycles. The fourth-order valence-electron chi connectivity index (χ4n) is 2.59. The number of rotatable bonds is 1. The van der Waals surface area contributed by atoms with Gasteiger partial charge in [0.1, 0.15) is 0 Å². The van der Waals surface area contributed by atoms with E-state index < -0.39 is 0 Å². The molecule has 14 heavy (non-hydrogen) atoms. The Morgan fingerprint density at radius 1 is 1.07 bits per heavy atom. The van der Waals surface area contributed by atoms with Crippen molar-refractivity contribution in [2.45, 2.75) is 49.2 Å². The normalized spacial score (nSPS) is 38.1. The van der Waals surface area contributed by atoms with E-state index in [1.165, 1.54) is 37.2 Å². The van der Waals surface area contributed by atoms with Crippen LogP contribution in [0.3, 0.4) is 0 Å². The van der Waals surface area contributed by atoms with Crippen LogP contribution in [0.15, 0.2) is 0 Å². The predicted octanol–water partition coefficient (Wildman–Crippen LogP) is 3.12. The Hall–Kier alpha value is 0.660. The number of hydrogen-bond donors (Lipinski definition) is 1. The van der Waals surface area contributed by atoms with Gasteiger partial charge in [-0.15, -0.1) is 23.5 Å². The summed E-state index contributed by atoms with van der Waals surface area (Å²) in [7, 11) is 0. The van der Waals surface area contributed by atoms with Gasteiger partial charge in [0.05, 0.1) is 10.2 Å². The summed E-state index contributed by atoms with van der Waals surface area (Å²) in [6.45, 7) is 2.35. The van der Waals surface area contributed by atoms with Crippen LogP contribution in [0.2, 0.25) is 0 Å². The first kappa shape index (κ1) is 11.2. The third kappa shape index (κ3) is 2.25. The van der Waals surface area contributed by atoms with Crippen molar-refractivity contribution < 1.29 is 5.11 Å². The summed E-state index contributed by atoms with van der Waals surface area (Å²) in [5.41, 5.74) is 0. The molecular formula is C11H20OS2. The highest BCUT2D eigenvalue weighted by Gasteiger charge is 2.41. The van der Waals surface area contributed by atoms with Gasteiger partial charge in [0.2, 0.25) is 0 Å². The Balaban J connectivity index is 2.02. The lowest BCUT2D eigenvalue weighted by Gasteiger charge is -2.43. The molecule has 3 heteroatoms. The van der Waals surface area contributed by atoms with E-state index in [9.17, 15) is 5.11 Å². The van der Waals surface area contributed by atoms with Crippen LogP contribution in [0.5, 0.6) is 0 Å². The summed E-state index contributed by atoms with van der Waals surface area (Å²) in [4.78, 5) is 0. The third-order valence-corrected chi connectivity index (χ3v) is 6.91. The van der Waals surface area contributed by atoms with Gasteiger partial charge in [0.25, 0.3) is 0 Å². The molecule has 1 aliphatic carbocycles. The highest BCUT2D eigenvalue weighted by atomic mass is 32.2. The SMILES string of the molecule is CC1(C2CCCCC2O)SCCCS1. The maximum Gasteiger partial charge on any atom is 0.0635 e. The van der Waals surface area contributed by atoms with Gasteiger partial charge >= 0.3 is 0 Å². The minimum atomic E-state index is -0.0353. The predicted molar refractivity (Wildman–Crippen MR) is 65.9 cm³/mol. The molecule has 2 fully saturated rings. The van der Waals surface area contributed by atoms with E-state index in [4.69, 9.17) is 0 Å². The first-order chi connectivity index (χ1) is 6.72. The van der Waals surface area contributed by atoms with Crippen molar-refractivity contribution in [1.82, 2.24) is 0 Å². The van der Waals surface area contributed by atoms with Crippen molar-refractivity contribution in [2.24, 2.45) is 5.92 Å². The van der Waals surface area contributed by atoms with Crippen molar-refractivity contribution in [3.05, 3.63) is 0 Å². The largest absolute Gasteiger partial charge is 0.393 e. The van der Waals surface area contributed by atoms with Gasteiger partial charge in [-0.3, -0.25) is 0 Å². The number of hydrogen-bond acceptors (Lipinski definition) is 3. The molecule has 0 amide bonds. The van der Waals surface area contributed by atoms with Crippen molar-refractivity contribution in [3.8, 4) is 0 Å². The standard InChI is InChI=1S/C11H20OS2/c1-11(13-7-4-8-14-11)9-5-2-3-6-10(9)12/h9-10,12H,2-8H2,1H3. The summed E-state index contributed by atoms with van der Waals surface area (Å²) in [5, 5.41) is 10.1. The molecule has 0 aromatic heterocycles. The molecular weight excluding hydrogens is 212 g/mol. The molecule has 0 spiro atoms. The number of thioether (sulfide) groups is 2. The van der Waals surface area contributed by atoms with Crippen molar-refractivity contribution in [2.75, 3.05) is 11.5 Å². The average Bonchev–Trinajstić information content (AvgIpc) is 2.19. The highest BCUT2D eigenvalue weighted by molar-refractivity contribution is 8.18. The summed E-state index contributed by atoms with van der Waals surface area (Å²) < 4.78 is 0.304. The van der Waals surface area contributed by atoms with Gasteiger partial charge in [-0.25, -0.2) is 0 Å². The Morgan fingerprint density at radius 3 is 2.36 bits per heavy atom. The van der Waals surface area contributed by atoms with E-state index in [0.717, 1.165) is 6.42 Å². The number of aliphatic hydroxyl groups excluding tert-OH is 1. The van der Waals surface area contributed by atoms with Crippen LogP contribution in [0.25, 0.3) is 0 Å². The van der Waals surface area contributed by atoms with Crippen LogP contribution < -0.4 is 0 Å². The quantitative estimate of drug-likeness (QED) is 0.750. The average molecular weight is 232 g/mol. The zero-order valence-electron chi connectivity index (χ0n) is 8.87. The van der Waals surface area contributed by atoms with Gasteiger partial charge in [-0.05, 0) is 37.7 Å². The molecule has 1 nitrogen and oxygen atoms in total. The Kier molecular flexibility index (Phi) is 3.72. The first-order valence-electron chi connectivity index (χ1n) is 5.68. The van der Waals surface area contributed by atoms with E-state index in [0.29, 0.717) is 10.00 Å². The molecule has 0 bridgehead atoms. The third-order valence-electron chi connectivity index (χ3n) is 3.47. The molecule has 2 rings (SSSR count). The van der Waals surface area contributed by atoms with E-state index in [-0.39, 0.29) is 6.10 Å². The van der Waals surface area contributed by atoms with E-state index in [1.807, 2.05) is 0 Å². The summed E-state index contributed by atoms with van der Waals surface area (Å²) in [6, 6.07) is 0. The first-order valence-corrected chi connectivity index (χ1v) is 7.65. The van der Waals surface area contributed by atoms with Crippen molar-refractivity contribution in [1.29, 1.82) is 0 Å². The van der Waals surface area contributed by atoms with Gasteiger partial charge in [0.15, 0.2) is 0 Å². The maximum absolute atomic E-state index is 10.1. The van der Waals surface area contributed by atoms with E-state index in [1.54, 1.807) is 0 Å². The lowest BCUT2D eigenvalue weighted by molar-refractivity contribution is 0.0659. The molecule has 2 aliphatic rings. The minimum Gasteiger partial charge on any atom is -0.393 e. The zero-order valence-corrected chi connectivity index (χ0v) is 10.5. The second-order valence-electron chi connectivity index (χ2n) is 4.52. The molecule has 0 radical (unpaired) electrons. The molecule has 2 atom stereocenters. The van der Waals surface area contributed by atoms with Crippen LogP contribution >= 0.6 is 23.5 Å². The van der Waals surface area contributed by atoms with Crippen molar-refractivity contribution >= 4 is 23.5 Å². The fourth-order valence-corrected chi connectivity index (χ4v) is 5.97. The van der Waals surface area contributed by atoms with Crippen LogP contribution in [0, 0.1) is 5.92 Å². The van der Waals surface area contributed by atoms with Crippen LogP contribution in [-0.4, -0.2) is 26.8 Å². The minimum absolute atomic E-state index is 0.0353. The smallest absolute Gasteiger partial charge is 0.0635 e. The fraction of sp³-hybridized carbons (Fsp3) is 1.00. The van der Waals surface area contributed by atoms with Gasteiger partial charge in [-0.1, -0.05) is 12.8 Å². The molecule has 1 saturated heterocycles. The molecule has 1 N–H and O–H groups in total. The van der Waals surface area contributed by atoms with Crippen LogP contribution in [0.4, 0.5) is 0 Å². The lowest BCUT2D eigenvalue weighted by atomic mass is 9.84. The molecule has 0 aromatic carbocycles. The second kappa shape index (κ2) is 4.67. The van der Waals surface area contributed by atoms with E-state index in [2.05, 4.69) is 30.4 Å². The molecule has 2 unspecified atom stereocenters. The van der Waals surface area contributed by atoms with Crippen LogP contribution in [0.1, 0.15) is 39.0 Å². The molecule has 1 heterocycles. The van der Waals surface area contributed by atoms with Gasteiger partial charge in [-0.2, -0.15) is 0 Å². The lowest BCUT2D eigenvalue weighted by Crippen LogP contribution is -2.40. The topological polar surface area (TPSA) is 20.2 Å². The Labute approximate surface area is 95.4 Å². The monoisotopic (exact) mass is 232 g/mol. The van der Waals surface area contributed by atoms with Gasteiger partial charge in [0, 0.05) is 5.92 Å². The summed E-state index contributed by atoms with van der Waals surface area (Å²) in [5.74, 6) is 3.10. The second-order valence-corrected chi connectivity index (χ2v) is 7.87. The van der Waals surface area contributed by atoms with Crippen molar-refractivity contribution in [3.63, 3.8) is 0 Å². The van der Waals surface area contributed by atoms with Crippen LogP contribution in [-0.2, 0) is 0 Å². The van der Waals surface area contributed by atoms with E-state index >= 15 is 0 Å². The Morgan fingerprint density at radius 2 is 1.71 bits per heavy atom. The summed E-state index contributed by atoms with van der Waals surface area (Å²) >= 11 is 4.16. The van der Waals surface area contributed by atoms with Gasteiger partial charge < -0.3 is 5.11 Å². The molecule has 82 valence electrons. The summed E-state index contributed by atoms with van der Waals surface area (Å²) in [6.07, 6.45) is 6.11. The Bertz CT molecular complexity index is 190. The zero-order chi connectivity index (χ0) is 10.0. The molecule has 0 aromatic rings. The number of aliphatic hydroxyl groups is 1.